The Labute approximate surface area is 179 Å². The van der Waals surface area contributed by atoms with Crippen LogP contribution in [0, 0.1) is 0 Å². The maximum atomic E-state index is 6.16. The highest BCUT2D eigenvalue weighted by Gasteiger charge is 2.26. The van der Waals surface area contributed by atoms with Crippen molar-refractivity contribution in [2.75, 3.05) is 32.2 Å². The van der Waals surface area contributed by atoms with Crippen molar-refractivity contribution >= 4 is 28.9 Å². The molecule has 0 spiro atoms. The molecule has 8 nitrogen and oxygen atoms in total. The van der Waals surface area contributed by atoms with Gasteiger partial charge in [0.2, 0.25) is 5.88 Å². The standard InChI is InChI=1S/C23H23N5O3/c1-29-21-8-7-17-16(11-22(21)30-2)20(12-25-27-17)28-10-9-15(14-28)31-23-13-24-18-5-3-4-6-19(18)26-23/h3-7,11-13,15H,8-10,14H2,1-2H3. The van der Waals surface area contributed by atoms with Crippen molar-refractivity contribution in [3.8, 4) is 5.88 Å². The summed E-state index contributed by atoms with van der Waals surface area (Å²) in [7, 11) is 3.30. The third-order valence-electron chi connectivity index (χ3n) is 5.59. The van der Waals surface area contributed by atoms with Crippen LogP contribution in [0.3, 0.4) is 0 Å². The van der Waals surface area contributed by atoms with E-state index in [0.29, 0.717) is 18.1 Å². The van der Waals surface area contributed by atoms with Crippen molar-refractivity contribution < 1.29 is 14.2 Å². The summed E-state index contributed by atoms with van der Waals surface area (Å²) in [6, 6.07) is 7.78. The second-order valence-corrected chi connectivity index (χ2v) is 7.45. The Kier molecular flexibility index (Phi) is 5.11. The maximum absolute atomic E-state index is 6.16. The SMILES string of the molecule is COC1=C(OC)CC=c2nncc(N3CCC(Oc4cnc5ccccc5n4)C3)c2=C1. The van der Waals surface area contributed by atoms with Crippen molar-refractivity contribution in [2.24, 2.45) is 0 Å². The summed E-state index contributed by atoms with van der Waals surface area (Å²) in [4.78, 5) is 11.3. The number of allylic oxidation sites excluding steroid dienone is 2. The van der Waals surface area contributed by atoms with Gasteiger partial charge in [0.05, 0.1) is 55.2 Å². The molecule has 0 bridgehead atoms. The largest absolute Gasteiger partial charge is 0.497 e. The van der Waals surface area contributed by atoms with Gasteiger partial charge in [-0.05, 0) is 24.3 Å². The Bertz CT molecular complexity index is 1270. The topological polar surface area (TPSA) is 82.5 Å². The first kappa shape index (κ1) is 19.3. The van der Waals surface area contributed by atoms with Gasteiger partial charge in [-0.15, -0.1) is 0 Å². The molecule has 1 aromatic carbocycles. The van der Waals surface area contributed by atoms with Gasteiger partial charge >= 0.3 is 0 Å². The average Bonchev–Trinajstić information content (AvgIpc) is 3.18. The van der Waals surface area contributed by atoms with E-state index in [0.717, 1.165) is 52.6 Å². The fourth-order valence-corrected chi connectivity index (χ4v) is 4.02. The zero-order chi connectivity index (χ0) is 21.2. The lowest BCUT2D eigenvalue weighted by molar-refractivity contribution is 0.216. The van der Waals surface area contributed by atoms with Crippen LogP contribution in [0.15, 0.2) is 48.2 Å². The Hall–Kier alpha value is -3.68. The van der Waals surface area contributed by atoms with E-state index in [4.69, 9.17) is 14.2 Å². The van der Waals surface area contributed by atoms with E-state index >= 15 is 0 Å². The van der Waals surface area contributed by atoms with E-state index in [1.165, 1.54) is 0 Å². The van der Waals surface area contributed by atoms with E-state index in [1.54, 1.807) is 26.6 Å². The van der Waals surface area contributed by atoms with E-state index in [1.807, 2.05) is 36.4 Å². The molecule has 2 aromatic heterocycles. The Morgan fingerprint density at radius 3 is 2.77 bits per heavy atom. The number of para-hydroxylation sites is 2. The molecule has 3 aromatic rings. The number of hydrogen-bond donors (Lipinski definition) is 0. The lowest BCUT2D eigenvalue weighted by Crippen LogP contribution is -2.37. The monoisotopic (exact) mass is 417 g/mol. The summed E-state index contributed by atoms with van der Waals surface area (Å²) in [6.07, 6.45) is 8.98. The number of methoxy groups -OCH3 is 2. The molecule has 1 fully saturated rings. The van der Waals surface area contributed by atoms with Gasteiger partial charge in [0.15, 0.2) is 5.76 Å². The highest BCUT2D eigenvalue weighted by atomic mass is 16.5. The summed E-state index contributed by atoms with van der Waals surface area (Å²) in [5.41, 5.74) is 2.69. The van der Waals surface area contributed by atoms with Crippen molar-refractivity contribution in [3.05, 3.63) is 58.7 Å². The lowest BCUT2D eigenvalue weighted by atomic mass is 10.2. The van der Waals surface area contributed by atoms with E-state index in [9.17, 15) is 0 Å². The molecule has 1 saturated heterocycles. The van der Waals surface area contributed by atoms with Gasteiger partial charge in [0.1, 0.15) is 11.9 Å². The van der Waals surface area contributed by atoms with E-state index < -0.39 is 0 Å². The summed E-state index contributed by atoms with van der Waals surface area (Å²) >= 11 is 0. The fraction of sp³-hybridized carbons (Fsp3) is 0.304. The molecule has 5 rings (SSSR count). The minimum absolute atomic E-state index is 0.0148. The summed E-state index contributed by atoms with van der Waals surface area (Å²) < 4.78 is 17.2. The summed E-state index contributed by atoms with van der Waals surface area (Å²) in [5, 5.41) is 10.3. The molecule has 8 heteroatoms. The quantitative estimate of drug-likeness (QED) is 0.619. The number of benzene rings is 1. The number of fused-ring (bicyclic) bond motifs is 2. The molecule has 0 amide bonds. The minimum Gasteiger partial charge on any atom is -0.497 e. The first-order chi connectivity index (χ1) is 15.2. The Morgan fingerprint density at radius 2 is 1.94 bits per heavy atom. The maximum Gasteiger partial charge on any atom is 0.233 e. The molecule has 2 aliphatic rings. The molecular weight excluding hydrogens is 394 g/mol. The number of anilines is 1. The van der Waals surface area contributed by atoms with Crippen molar-refractivity contribution in [1.29, 1.82) is 0 Å². The number of hydrogen-bond acceptors (Lipinski definition) is 8. The number of nitrogens with zero attached hydrogens (tertiary/aromatic N) is 5. The van der Waals surface area contributed by atoms with Crippen molar-refractivity contribution in [1.82, 2.24) is 20.2 Å². The van der Waals surface area contributed by atoms with Crippen LogP contribution in [0.2, 0.25) is 0 Å². The Balaban J connectivity index is 1.41. The van der Waals surface area contributed by atoms with Crippen LogP contribution >= 0.6 is 0 Å². The van der Waals surface area contributed by atoms with Crippen LogP contribution in [-0.4, -0.2) is 53.6 Å². The van der Waals surface area contributed by atoms with Gasteiger partial charge in [0.25, 0.3) is 0 Å². The molecule has 1 unspecified atom stereocenters. The fourth-order valence-electron chi connectivity index (χ4n) is 4.02. The third kappa shape index (κ3) is 3.76. The summed E-state index contributed by atoms with van der Waals surface area (Å²) in [5.74, 6) is 2.01. The van der Waals surface area contributed by atoms with Gasteiger partial charge in [-0.25, -0.2) is 9.97 Å². The lowest BCUT2D eigenvalue weighted by Gasteiger charge is -2.19. The normalized spacial score (nSPS) is 18.1. The van der Waals surface area contributed by atoms with E-state index in [-0.39, 0.29) is 6.10 Å². The number of rotatable bonds is 5. The molecule has 158 valence electrons. The van der Waals surface area contributed by atoms with Crippen LogP contribution in [0.1, 0.15) is 12.8 Å². The smallest absolute Gasteiger partial charge is 0.233 e. The molecule has 0 N–H and O–H groups in total. The zero-order valence-electron chi connectivity index (χ0n) is 17.5. The highest BCUT2D eigenvalue weighted by Crippen LogP contribution is 2.22. The minimum atomic E-state index is 0.0148. The number of aromatic nitrogens is 4. The van der Waals surface area contributed by atoms with Crippen LogP contribution < -0.4 is 20.2 Å². The molecule has 0 saturated carbocycles. The second kappa shape index (κ2) is 8.22. The molecular formula is C23H23N5O3. The van der Waals surface area contributed by atoms with Crippen molar-refractivity contribution in [2.45, 2.75) is 18.9 Å². The molecule has 0 radical (unpaired) electrons. The van der Waals surface area contributed by atoms with Gasteiger partial charge in [0, 0.05) is 24.6 Å². The molecule has 1 aliphatic heterocycles. The van der Waals surface area contributed by atoms with Crippen molar-refractivity contribution in [3.63, 3.8) is 0 Å². The van der Waals surface area contributed by atoms with Crippen LogP contribution in [0.5, 0.6) is 5.88 Å². The highest BCUT2D eigenvalue weighted by molar-refractivity contribution is 5.74. The molecule has 1 atom stereocenters. The van der Waals surface area contributed by atoms with Gasteiger partial charge in [-0.2, -0.15) is 10.2 Å². The number of ether oxygens (including phenoxy) is 3. The zero-order valence-corrected chi connectivity index (χ0v) is 17.5. The first-order valence-corrected chi connectivity index (χ1v) is 10.2. The van der Waals surface area contributed by atoms with Gasteiger partial charge < -0.3 is 19.1 Å². The summed E-state index contributed by atoms with van der Waals surface area (Å²) in [6.45, 7) is 1.57. The molecule has 3 heterocycles. The van der Waals surface area contributed by atoms with Gasteiger partial charge in [-0.1, -0.05) is 12.1 Å². The first-order valence-electron chi connectivity index (χ1n) is 10.2. The predicted molar refractivity (Wildman–Crippen MR) is 117 cm³/mol. The predicted octanol–water partition coefficient (Wildman–Crippen LogP) is 1.55. The average molecular weight is 417 g/mol. The molecule has 1 aliphatic carbocycles. The molecule has 31 heavy (non-hydrogen) atoms. The van der Waals surface area contributed by atoms with Crippen LogP contribution in [-0.2, 0) is 9.47 Å². The van der Waals surface area contributed by atoms with E-state index in [2.05, 4.69) is 25.1 Å². The van der Waals surface area contributed by atoms with Gasteiger partial charge in [-0.3, -0.25) is 0 Å². The Morgan fingerprint density at radius 1 is 1.06 bits per heavy atom. The second-order valence-electron chi connectivity index (χ2n) is 7.45. The van der Waals surface area contributed by atoms with Crippen LogP contribution in [0.25, 0.3) is 23.2 Å². The third-order valence-corrected chi connectivity index (χ3v) is 5.59. The van der Waals surface area contributed by atoms with Crippen LogP contribution in [0.4, 0.5) is 5.69 Å².